The quantitative estimate of drug-likeness (QED) is 0.866. The van der Waals surface area contributed by atoms with Crippen LogP contribution in [0.2, 0.25) is 0 Å². The molecule has 2 heterocycles. The third kappa shape index (κ3) is 2.80. The van der Waals surface area contributed by atoms with E-state index in [2.05, 4.69) is 22.4 Å². The Morgan fingerprint density at radius 3 is 3.00 bits per heavy atom. The van der Waals surface area contributed by atoms with Crippen molar-refractivity contribution in [3.63, 3.8) is 0 Å². The summed E-state index contributed by atoms with van der Waals surface area (Å²) in [4.78, 5) is 4.60. The molecule has 0 unspecified atom stereocenters. The fraction of sp³-hybridized carbons (Fsp3) is 0.267. The van der Waals surface area contributed by atoms with Crippen molar-refractivity contribution < 1.29 is 4.42 Å². The van der Waals surface area contributed by atoms with Crippen LogP contribution in [0.15, 0.2) is 47.1 Å². The predicted octanol–water partition coefficient (Wildman–Crippen LogP) is 3.68. The third-order valence-corrected chi connectivity index (χ3v) is 2.99. The number of aromatic nitrogens is 1. The first kappa shape index (κ1) is 11.1. The topological polar surface area (TPSA) is 38.1 Å². The average Bonchev–Trinajstić information content (AvgIpc) is 3.13. The molecular weight excluding hydrogens is 224 g/mol. The fourth-order valence-electron chi connectivity index (χ4n) is 1.88. The van der Waals surface area contributed by atoms with Crippen molar-refractivity contribution in [2.24, 2.45) is 0 Å². The van der Waals surface area contributed by atoms with Crippen molar-refractivity contribution in [1.82, 2.24) is 4.98 Å². The molecule has 0 amide bonds. The molecule has 18 heavy (non-hydrogen) atoms. The monoisotopic (exact) mass is 240 g/mol. The van der Waals surface area contributed by atoms with E-state index in [0.717, 1.165) is 18.1 Å². The molecular formula is C15H16N2O. The summed E-state index contributed by atoms with van der Waals surface area (Å²) in [5.74, 6) is 2.52. The molecule has 1 fully saturated rings. The fourth-order valence-corrected chi connectivity index (χ4v) is 1.88. The molecule has 0 spiro atoms. The van der Waals surface area contributed by atoms with E-state index in [1.807, 2.05) is 30.4 Å². The minimum Gasteiger partial charge on any atom is -0.465 e. The number of hydrogen-bond donors (Lipinski definition) is 1. The van der Waals surface area contributed by atoms with Crippen molar-refractivity contribution in [2.75, 3.05) is 11.9 Å². The number of furan rings is 1. The van der Waals surface area contributed by atoms with Gasteiger partial charge >= 0.3 is 0 Å². The lowest BCUT2D eigenvalue weighted by molar-refractivity contribution is 0.557. The molecule has 3 heteroatoms. The van der Waals surface area contributed by atoms with Crippen LogP contribution >= 0.6 is 0 Å². The predicted molar refractivity (Wildman–Crippen MR) is 72.4 cm³/mol. The Hall–Kier alpha value is -2.03. The van der Waals surface area contributed by atoms with E-state index in [1.165, 1.54) is 18.5 Å². The van der Waals surface area contributed by atoms with Gasteiger partial charge in [0, 0.05) is 18.2 Å². The largest absolute Gasteiger partial charge is 0.465 e. The number of rotatable bonds is 5. The SMILES string of the molecule is C(=C\c1ccco1)/CNc1cccc(C2CC2)n1. The summed E-state index contributed by atoms with van der Waals surface area (Å²) in [6.07, 6.45) is 8.24. The smallest absolute Gasteiger partial charge is 0.126 e. The molecule has 1 N–H and O–H groups in total. The molecule has 0 atom stereocenters. The van der Waals surface area contributed by atoms with E-state index < -0.39 is 0 Å². The number of hydrogen-bond acceptors (Lipinski definition) is 3. The van der Waals surface area contributed by atoms with Crippen molar-refractivity contribution in [2.45, 2.75) is 18.8 Å². The summed E-state index contributed by atoms with van der Waals surface area (Å²) in [6.45, 7) is 0.752. The highest BCUT2D eigenvalue weighted by molar-refractivity contribution is 5.44. The summed E-state index contributed by atoms with van der Waals surface area (Å²) in [5.41, 5.74) is 1.22. The van der Waals surface area contributed by atoms with E-state index in [-0.39, 0.29) is 0 Å². The first-order valence-corrected chi connectivity index (χ1v) is 6.33. The average molecular weight is 240 g/mol. The van der Waals surface area contributed by atoms with Gasteiger partial charge < -0.3 is 9.73 Å². The Bertz CT molecular complexity index is 527. The van der Waals surface area contributed by atoms with E-state index in [1.54, 1.807) is 6.26 Å². The van der Waals surface area contributed by atoms with Gasteiger partial charge in [-0.25, -0.2) is 4.98 Å². The lowest BCUT2D eigenvalue weighted by Gasteiger charge is -2.04. The second-order valence-corrected chi connectivity index (χ2v) is 4.52. The van der Waals surface area contributed by atoms with Crippen LogP contribution in [-0.4, -0.2) is 11.5 Å². The van der Waals surface area contributed by atoms with E-state index in [4.69, 9.17) is 4.42 Å². The molecule has 1 saturated carbocycles. The van der Waals surface area contributed by atoms with Crippen LogP contribution in [-0.2, 0) is 0 Å². The van der Waals surface area contributed by atoms with E-state index in [0.29, 0.717) is 5.92 Å². The highest BCUT2D eigenvalue weighted by Gasteiger charge is 2.24. The molecule has 2 aromatic heterocycles. The van der Waals surface area contributed by atoms with Crippen LogP contribution in [0, 0.1) is 0 Å². The summed E-state index contributed by atoms with van der Waals surface area (Å²) in [7, 11) is 0. The number of nitrogens with zero attached hydrogens (tertiary/aromatic N) is 1. The molecule has 92 valence electrons. The second-order valence-electron chi connectivity index (χ2n) is 4.52. The summed E-state index contributed by atoms with van der Waals surface area (Å²) in [5, 5.41) is 3.29. The zero-order valence-corrected chi connectivity index (χ0v) is 10.2. The maximum Gasteiger partial charge on any atom is 0.126 e. The van der Waals surface area contributed by atoms with E-state index >= 15 is 0 Å². The van der Waals surface area contributed by atoms with Crippen molar-refractivity contribution in [1.29, 1.82) is 0 Å². The first-order chi connectivity index (χ1) is 8.92. The summed E-state index contributed by atoms with van der Waals surface area (Å²) >= 11 is 0. The van der Waals surface area contributed by atoms with Crippen molar-refractivity contribution in [3.05, 3.63) is 54.1 Å². The molecule has 3 rings (SSSR count). The standard InChI is InChI=1S/C15H16N2O/c1-6-14(12-8-9-12)17-15(7-1)16-10-2-4-13-5-3-11-18-13/h1-7,11-12H,8-10H2,(H,16,17)/b4-2+. The van der Waals surface area contributed by atoms with Gasteiger partial charge in [0.2, 0.25) is 0 Å². The molecule has 0 aromatic carbocycles. The Morgan fingerprint density at radius 1 is 1.28 bits per heavy atom. The summed E-state index contributed by atoms with van der Waals surface area (Å²) < 4.78 is 5.21. The van der Waals surface area contributed by atoms with Gasteiger partial charge in [-0.2, -0.15) is 0 Å². The molecule has 1 aliphatic carbocycles. The zero-order chi connectivity index (χ0) is 12.2. The van der Waals surface area contributed by atoms with Gasteiger partial charge in [0.15, 0.2) is 0 Å². The van der Waals surface area contributed by atoms with Crippen molar-refractivity contribution >= 4 is 11.9 Å². The van der Waals surface area contributed by atoms with Crippen LogP contribution in [0.1, 0.15) is 30.2 Å². The van der Waals surface area contributed by atoms with Crippen LogP contribution < -0.4 is 5.32 Å². The Balaban J connectivity index is 1.54. The third-order valence-electron chi connectivity index (χ3n) is 2.99. The summed E-state index contributed by atoms with van der Waals surface area (Å²) in [6, 6.07) is 10.0. The van der Waals surface area contributed by atoms with Crippen LogP contribution in [0.25, 0.3) is 6.08 Å². The van der Waals surface area contributed by atoms with Gasteiger partial charge in [0.25, 0.3) is 0 Å². The molecule has 0 radical (unpaired) electrons. The van der Waals surface area contributed by atoms with Crippen LogP contribution in [0.5, 0.6) is 0 Å². The lowest BCUT2D eigenvalue weighted by Crippen LogP contribution is -2.01. The maximum absolute atomic E-state index is 5.21. The number of anilines is 1. The van der Waals surface area contributed by atoms with Crippen LogP contribution in [0.3, 0.4) is 0 Å². The van der Waals surface area contributed by atoms with Gasteiger partial charge in [0.1, 0.15) is 11.6 Å². The molecule has 0 aliphatic heterocycles. The normalized spacial score (nSPS) is 15.1. The molecule has 3 nitrogen and oxygen atoms in total. The maximum atomic E-state index is 5.21. The molecule has 1 aliphatic rings. The molecule has 0 bridgehead atoms. The van der Waals surface area contributed by atoms with E-state index in [9.17, 15) is 0 Å². The van der Waals surface area contributed by atoms with Gasteiger partial charge in [-0.15, -0.1) is 0 Å². The van der Waals surface area contributed by atoms with Gasteiger partial charge in [0.05, 0.1) is 6.26 Å². The molecule has 2 aromatic rings. The first-order valence-electron chi connectivity index (χ1n) is 6.33. The van der Waals surface area contributed by atoms with Crippen molar-refractivity contribution in [3.8, 4) is 0 Å². The second kappa shape index (κ2) is 5.08. The highest BCUT2D eigenvalue weighted by Crippen LogP contribution is 2.39. The zero-order valence-electron chi connectivity index (χ0n) is 10.2. The van der Waals surface area contributed by atoms with Gasteiger partial charge in [-0.3, -0.25) is 0 Å². The van der Waals surface area contributed by atoms with Gasteiger partial charge in [-0.05, 0) is 43.2 Å². The minimum atomic E-state index is 0.699. The number of pyridine rings is 1. The Morgan fingerprint density at radius 2 is 2.22 bits per heavy atom. The number of nitrogens with one attached hydrogen (secondary N) is 1. The molecule has 0 saturated heterocycles. The Kier molecular flexibility index (Phi) is 3.13. The lowest BCUT2D eigenvalue weighted by atomic mass is 10.2. The minimum absolute atomic E-state index is 0.699. The highest BCUT2D eigenvalue weighted by atomic mass is 16.3. The Labute approximate surface area is 107 Å². The van der Waals surface area contributed by atoms with Gasteiger partial charge in [-0.1, -0.05) is 12.1 Å². The van der Waals surface area contributed by atoms with Crippen LogP contribution in [0.4, 0.5) is 5.82 Å².